The van der Waals surface area contributed by atoms with Crippen LogP contribution in [0.2, 0.25) is 0 Å². The minimum Gasteiger partial charge on any atom is -0.340 e. The number of piperazine rings is 1. The third kappa shape index (κ3) is 3.40. The number of carbonyl (C=O) groups excluding carboxylic acids is 2. The van der Waals surface area contributed by atoms with Crippen molar-refractivity contribution in [3.8, 4) is 0 Å². The van der Waals surface area contributed by atoms with Gasteiger partial charge in [-0.1, -0.05) is 19.1 Å². The molecule has 0 saturated carbocycles. The second-order valence-electron chi connectivity index (χ2n) is 7.49. The summed E-state index contributed by atoms with van der Waals surface area (Å²) in [6.07, 6.45) is 1.96. The van der Waals surface area contributed by atoms with Crippen molar-refractivity contribution in [1.82, 2.24) is 14.8 Å². The Morgan fingerprint density at radius 1 is 1.14 bits per heavy atom. The summed E-state index contributed by atoms with van der Waals surface area (Å²) in [4.78, 5) is 36.6. The Hall–Kier alpha value is -2.73. The highest BCUT2D eigenvalue weighted by molar-refractivity contribution is 6.11. The number of carbonyl (C=O) groups is 2. The van der Waals surface area contributed by atoms with E-state index >= 15 is 0 Å². The third-order valence-electron chi connectivity index (χ3n) is 5.74. The molecular weight excluding hydrogens is 352 g/mol. The molecule has 1 fully saturated rings. The number of likely N-dealkylation sites (N-methyl/N-ethyl adjacent to an activating group) is 1. The maximum atomic E-state index is 13.1. The van der Waals surface area contributed by atoms with E-state index in [9.17, 15) is 9.59 Å². The van der Waals surface area contributed by atoms with Gasteiger partial charge in [0.2, 0.25) is 5.91 Å². The minimum atomic E-state index is -0.359. The van der Waals surface area contributed by atoms with Gasteiger partial charge in [0.15, 0.2) is 0 Å². The Balaban J connectivity index is 1.60. The van der Waals surface area contributed by atoms with E-state index < -0.39 is 0 Å². The first kappa shape index (κ1) is 18.6. The predicted octanol–water partition coefficient (Wildman–Crippen LogP) is 2.65. The lowest BCUT2D eigenvalue weighted by molar-refractivity contribution is -0.133. The number of amides is 2. The molecule has 28 heavy (non-hydrogen) atoms. The molecule has 0 bridgehead atoms. The van der Waals surface area contributed by atoms with Gasteiger partial charge in [0.25, 0.3) is 5.91 Å². The number of hydrogen-bond acceptors (Lipinski definition) is 4. The van der Waals surface area contributed by atoms with Crippen molar-refractivity contribution >= 4 is 17.5 Å². The van der Waals surface area contributed by atoms with Crippen molar-refractivity contribution in [1.29, 1.82) is 0 Å². The van der Waals surface area contributed by atoms with Gasteiger partial charge in [0.1, 0.15) is 0 Å². The first-order valence-electron chi connectivity index (χ1n) is 9.93. The molecule has 3 heterocycles. The van der Waals surface area contributed by atoms with Crippen molar-refractivity contribution in [2.75, 3.05) is 37.6 Å². The van der Waals surface area contributed by atoms with Crippen molar-refractivity contribution < 1.29 is 9.59 Å². The van der Waals surface area contributed by atoms with Crippen LogP contribution >= 0.6 is 0 Å². The molecule has 0 spiro atoms. The maximum Gasteiger partial charge on any atom is 0.260 e. The maximum absolute atomic E-state index is 13.1. The Bertz CT molecular complexity index is 890. The van der Waals surface area contributed by atoms with Gasteiger partial charge in [-0.25, -0.2) is 0 Å². The van der Waals surface area contributed by atoms with Gasteiger partial charge in [-0.15, -0.1) is 0 Å². The summed E-state index contributed by atoms with van der Waals surface area (Å²) in [5.41, 5.74) is 3.19. The van der Waals surface area contributed by atoms with Crippen LogP contribution in [0.1, 0.15) is 41.0 Å². The first-order valence-corrected chi connectivity index (χ1v) is 9.93. The van der Waals surface area contributed by atoms with Crippen LogP contribution in [-0.4, -0.2) is 59.3 Å². The Kier molecular flexibility index (Phi) is 5.13. The summed E-state index contributed by atoms with van der Waals surface area (Å²) in [7, 11) is 0. The number of rotatable bonds is 4. The summed E-state index contributed by atoms with van der Waals surface area (Å²) in [6, 6.07) is 11.1. The van der Waals surface area contributed by atoms with E-state index in [0.717, 1.165) is 44.0 Å². The van der Waals surface area contributed by atoms with Crippen LogP contribution in [0.15, 0.2) is 42.6 Å². The van der Waals surface area contributed by atoms with Gasteiger partial charge < -0.3 is 9.80 Å². The molecule has 6 nitrogen and oxygen atoms in total. The quantitative estimate of drug-likeness (QED) is 0.821. The molecule has 2 aliphatic heterocycles. The van der Waals surface area contributed by atoms with Crippen molar-refractivity contribution in [2.45, 2.75) is 26.3 Å². The molecule has 1 atom stereocenters. The number of aryl methyl sites for hydroxylation is 1. The van der Waals surface area contributed by atoms with Crippen LogP contribution in [0.5, 0.6) is 0 Å². The zero-order valence-electron chi connectivity index (χ0n) is 16.5. The molecule has 2 aliphatic rings. The van der Waals surface area contributed by atoms with E-state index in [2.05, 4.69) is 16.8 Å². The number of nitrogens with zero attached hydrogens (tertiary/aromatic N) is 4. The SMILES string of the molecule is CCN1CCN(C(=O)CC2c3ncccc3C(=O)N2c2cccc(C)c2)CC1. The highest BCUT2D eigenvalue weighted by Gasteiger charge is 2.40. The molecule has 0 radical (unpaired) electrons. The van der Waals surface area contributed by atoms with Crippen LogP contribution in [0.3, 0.4) is 0 Å². The van der Waals surface area contributed by atoms with Gasteiger partial charge in [0.05, 0.1) is 23.7 Å². The minimum absolute atomic E-state index is 0.0812. The van der Waals surface area contributed by atoms with Crippen LogP contribution < -0.4 is 4.90 Å². The molecule has 0 N–H and O–H groups in total. The zero-order chi connectivity index (χ0) is 19.7. The summed E-state index contributed by atoms with van der Waals surface area (Å²) in [5, 5.41) is 0. The van der Waals surface area contributed by atoms with E-state index in [-0.39, 0.29) is 24.3 Å². The molecule has 2 amide bonds. The van der Waals surface area contributed by atoms with Crippen molar-refractivity contribution in [3.05, 3.63) is 59.4 Å². The molecule has 146 valence electrons. The monoisotopic (exact) mass is 378 g/mol. The summed E-state index contributed by atoms with van der Waals surface area (Å²) in [5.74, 6) is 0.00649. The normalized spacial score (nSPS) is 19.8. The topological polar surface area (TPSA) is 56.8 Å². The molecule has 1 aromatic carbocycles. The van der Waals surface area contributed by atoms with Gasteiger partial charge in [-0.3, -0.25) is 19.5 Å². The Morgan fingerprint density at radius 2 is 1.93 bits per heavy atom. The average Bonchev–Trinajstić information content (AvgIpc) is 3.00. The third-order valence-corrected chi connectivity index (χ3v) is 5.74. The molecule has 1 saturated heterocycles. The van der Waals surface area contributed by atoms with E-state index in [4.69, 9.17) is 0 Å². The summed E-state index contributed by atoms with van der Waals surface area (Å²) >= 11 is 0. The number of anilines is 1. The van der Waals surface area contributed by atoms with Crippen LogP contribution in [-0.2, 0) is 4.79 Å². The molecular formula is C22H26N4O2. The van der Waals surface area contributed by atoms with Gasteiger partial charge in [0, 0.05) is 38.1 Å². The Morgan fingerprint density at radius 3 is 2.64 bits per heavy atom. The fraction of sp³-hybridized carbons (Fsp3) is 0.409. The molecule has 1 unspecified atom stereocenters. The lowest BCUT2D eigenvalue weighted by Crippen LogP contribution is -2.49. The molecule has 4 rings (SSSR count). The molecule has 6 heteroatoms. The predicted molar refractivity (Wildman–Crippen MR) is 108 cm³/mol. The number of pyridine rings is 1. The second kappa shape index (κ2) is 7.72. The van der Waals surface area contributed by atoms with Crippen LogP contribution in [0.4, 0.5) is 5.69 Å². The number of benzene rings is 1. The highest BCUT2D eigenvalue weighted by Crippen LogP contribution is 2.38. The second-order valence-corrected chi connectivity index (χ2v) is 7.49. The van der Waals surface area contributed by atoms with Crippen molar-refractivity contribution in [2.24, 2.45) is 0 Å². The number of fused-ring (bicyclic) bond motifs is 1. The lowest BCUT2D eigenvalue weighted by atomic mass is 10.1. The summed E-state index contributed by atoms with van der Waals surface area (Å²) in [6.45, 7) is 8.45. The van der Waals surface area contributed by atoms with Crippen LogP contribution in [0, 0.1) is 6.92 Å². The van der Waals surface area contributed by atoms with E-state index in [1.54, 1.807) is 23.2 Å². The fourth-order valence-corrected chi connectivity index (χ4v) is 4.13. The zero-order valence-corrected chi connectivity index (χ0v) is 16.5. The molecule has 2 aromatic rings. The largest absolute Gasteiger partial charge is 0.340 e. The smallest absolute Gasteiger partial charge is 0.260 e. The van der Waals surface area contributed by atoms with Gasteiger partial charge in [-0.05, 0) is 43.3 Å². The van der Waals surface area contributed by atoms with Gasteiger partial charge >= 0.3 is 0 Å². The van der Waals surface area contributed by atoms with E-state index in [1.807, 2.05) is 36.1 Å². The number of hydrogen-bond donors (Lipinski definition) is 0. The summed E-state index contributed by atoms with van der Waals surface area (Å²) < 4.78 is 0. The molecule has 0 aliphatic carbocycles. The molecule has 1 aromatic heterocycles. The standard InChI is InChI=1S/C22H26N4O2/c1-3-24-10-12-25(13-11-24)20(27)15-19-21-18(8-5-9-23-21)22(28)26(19)17-7-4-6-16(2)14-17/h4-9,14,19H,3,10-13,15H2,1-2H3. The first-order chi connectivity index (χ1) is 13.6. The van der Waals surface area contributed by atoms with Crippen LogP contribution in [0.25, 0.3) is 0 Å². The van der Waals surface area contributed by atoms with Gasteiger partial charge in [-0.2, -0.15) is 0 Å². The Labute approximate surface area is 165 Å². The fourth-order valence-electron chi connectivity index (χ4n) is 4.13. The number of aromatic nitrogens is 1. The average molecular weight is 378 g/mol. The van der Waals surface area contributed by atoms with Crippen molar-refractivity contribution in [3.63, 3.8) is 0 Å². The highest BCUT2D eigenvalue weighted by atomic mass is 16.2. The lowest BCUT2D eigenvalue weighted by Gasteiger charge is -2.35. The van der Waals surface area contributed by atoms with E-state index in [1.165, 1.54) is 0 Å². The van der Waals surface area contributed by atoms with E-state index in [0.29, 0.717) is 11.3 Å².